The number of aromatic amines is 2. The zero-order valence-corrected chi connectivity index (χ0v) is 82.4. The van der Waals surface area contributed by atoms with Crippen molar-refractivity contribution in [2.24, 2.45) is 40.7 Å². The Kier molecular flexibility index (Phi) is 45.9. The molecule has 145 heavy (non-hydrogen) atoms. The van der Waals surface area contributed by atoms with Crippen LogP contribution in [-0.2, 0) is 133 Å². The third-order valence-electron chi connectivity index (χ3n) is 22.9. The molecule has 0 radical (unpaired) electrons. The summed E-state index contributed by atoms with van der Waals surface area (Å²) in [5, 5.41) is 78.7. The average molecular weight is 2050 g/mol. The molecule has 7 rings (SSSR count). The first kappa shape index (κ1) is 117. The summed E-state index contributed by atoms with van der Waals surface area (Å²) in [6.07, 6.45) is -5.86. The fourth-order valence-corrected chi connectivity index (χ4v) is 15.9. The van der Waals surface area contributed by atoms with Gasteiger partial charge in [0.05, 0.1) is 37.8 Å². The number of amides is 18. The molecule has 46 nitrogen and oxygen atoms in total. The van der Waals surface area contributed by atoms with Crippen LogP contribution in [0.2, 0.25) is 0 Å². The lowest BCUT2D eigenvalue weighted by atomic mass is 10.00. The first-order valence-electron chi connectivity index (χ1n) is 46.6. The zero-order chi connectivity index (χ0) is 107. The highest BCUT2D eigenvalue weighted by Crippen LogP contribution is 2.24. The number of para-hydroxylation sites is 2. The fraction of sp³-hybridized carbons (Fsp3) is 0.433. The van der Waals surface area contributed by atoms with Gasteiger partial charge in [-0.1, -0.05) is 169 Å². The Labute approximate surface area is 844 Å². The van der Waals surface area contributed by atoms with Crippen LogP contribution >= 0.6 is 25.3 Å². The van der Waals surface area contributed by atoms with Crippen LogP contribution < -0.4 is 103 Å². The van der Waals surface area contributed by atoms with Crippen molar-refractivity contribution in [1.29, 1.82) is 0 Å². The van der Waals surface area contributed by atoms with Gasteiger partial charge in [0.25, 0.3) is 0 Å². The largest absolute Gasteiger partial charge is 0.481 e. The third kappa shape index (κ3) is 37.8. The Morgan fingerprint density at radius 2 is 0.586 bits per heavy atom. The SMILES string of the molecule is CC(C)C[C@H](NC(=O)[C@H](CC(C)C)NC(=O)[C@H](CC(N)=O)NC(=O)[C@H](CS)NC(=O)[C@@H](NC(=O)[C@H](Cc1c[nH]c2ccccc12)NC(=O)[C@H](CCC(N)=O)NC(=O)[C@H](CC(N)=O)NC(=O)[C@H](Cc1ccccc1)NC(=O)[C@H](Cc1ccccc1)NC(=O)[C@H](Cc1ccccc1)NC(=O)[C@H](CC(=O)O)NC(=O)[C@H](CS)NC(=O)[C@@H](NC(=O)[C@H](Cc1c[nH]c2ccccc12)NC(=O)[C@@H](N)CC(=O)O)C(C)C)[C@@H](C)O)C(=O)O. The lowest BCUT2D eigenvalue weighted by Gasteiger charge is -2.29. The zero-order valence-electron chi connectivity index (χ0n) is 80.7. The Morgan fingerprint density at radius 1 is 0.303 bits per heavy atom. The molecule has 0 spiro atoms. The fourth-order valence-electron chi connectivity index (χ4n) is 15.4. The first-order valence-corrected chi connectivity index (χ1v) is 47.8. The van der Waals surface area contributed by atoms with Gasteiger partial charge in [-0.2, -0.15) is 25.3 Å². The number of nitrogens with one attached hydrogen (secondary N) is 17. The van der Waals surface area contributed by atoms with Crippen molar-refractivity contribution in [3.8, 4) is 0 Å². The monoisotopic (exact) mass is 2050 g/mol. The summed E-state index contributed by atoms with van der Waals surface area (Å²) >= 11 is 8.50. The number of aromatic nitrogens is 2. The molecule has 0 aliphatic rings. The number of carbonyl (C=O) groups excluding carboxylic acids is 18. The third-order valence-corrected chi connectivity index (χ3v) is 23.7. The normalized spacial score (nSPS) is 14.8. The minimum atomic E-state index is -2.08. The summed E-state index contributed by atoms with van der Waals surface area (Å²) in [5.41, 5.74) is 26.0. The summed E-state index contributed by atoms with van der Waals surface area (Å²) in [4.78, 5) is 299. The predicted molar refractivity (Wildman–Crippen MR) is 533 cm³/mol. The number of aliphatic carboxylic acids is 3. The molecule has 782 valence electrons. The minimum absolute atomic E-state index is 0.0210. The van der Waals surface area contributed by atoms with Crippen LogP contribution in [0, 0.1) is 17.8 Å². The van der Waals surface area contributed by atoms with Crippen molar-refractivity contribution in [1.82, 2.24) is 89.7 Å². The summed E-state index contributed by atoms with van der Waals surface area (Å²) in [6.45, 7) is 11.0. The number of benzene rings is 5. The van der Waals surface area contributed by atoms with Gasteiger partial charge in [-0.25, -0.2) is 4.79 Å². The van der Waals surface area contributed by atoms with Crippen molar-refractivity contribution in [2.45, 2.75) is 235 Å². The summed E-state index contributed by atoms with van der Waals surface area (Å²) in [7, 11) is 0. The molecule has 0 saturated carbocycles. The van der Waals surface area contributed by atoms with Gasteiger partial charge in [0.1, 0.15) is 90.6 Å². The van der Waals surface area contributed by atoms with Crippen molar-refractivity contribution in [2.75, 3.05) is 11.5 Å². The number of aliphatic hydroxyl groups is 1. The topological polar surface area (TPSA) is 756 Å². The predicted octanol–water partition coefficient (Wildman–Crippen LogP) is -3.20. The molecule has 2 aromatic heterocycles. The molecule has 0 bridgehead atoms. The number of aliphatic hydroxyl groups excluding tert-OH is 1. The van der Waals surface area contributed by atoms with E-state index in [1.54, 1.807) is 173 Å². The maximum absolute atomic E-state index is 15.3. The van der Waals surface area contributed by atoms with E-state index in [1.807, 2.05) is 0 Å². The molecule has 2 heterocycles. The molecule has 7 aromatic rings. The number of thiol groups is 2. The molecule has 48 heteroatoms. The highest BCUT2D eigenvalue weighted by atomic mass is 32.1. The number of fused-ring (bicyclic) bond motifs is 2. The number of carbonyl (C=O) groups is 21. The van der Waals surface area contributed by atoms with E-state index in [-0.39, 0.29) is 37.5 Å². The minimum Gasteiger partial charge on any atom is -0.481 e. The number of rotatable bonds is 60. The Morgan fingerprint density at radius 3 is 0.938 bits per heavy atom. The highest BCUT2D eigenvalue weighted by Gasteiger charge is 2.42. The molecule has 0 fully saturated rings. The molecule has 0 unspecified atom stereocenters. The van der Waals surface area contributed by atoms with Crippen LogP contribution in [0.4, 0.5) is 0 Å². The average Bonchev–Trinajstić information content (AvgIpc) is 1.69. The molecule has 5 aromatic carbocycles. The standard InChI is InChI=1S/C97H127N21O25S2/c1-48(2)33-63(84(129)114-72(97(142)143)34-49(3)4)106-89(134)70(42-77(101)122)112-93(138)74(47-145)116-96(141)81(51(7)119)118-92(137)68(39-56-45-103-61-30-20-18-28-58(56)61)110-83(128)62(31-32-75(99)120)104-88(133)69(41-76(100)121)111-87(132)66(37-54-25-15-10-16-26-54)108-85(130)64(35-52-21-11-8-12-22-52)107-86(131)65(36-53-23-13-9-14-24-53)109-90(135)71(43-79(125)126)113-94(139)73(46-144)115-95(140)80(50(5)6)117-91(136)67(105-82(127)59(98)40-78(123)124)38-55-44-102-60-29-19-17-27-57(55)60/h8-30,44-45,48-51,59,62-74,80-81,102-103,119,144-145H,31-43,46-47,98H2,1-7H3,(H2,99,120)(H2,100,121)(H2,101,122)(H,104,133)(H,105,127)(H,106,134)(H,107,131)(H,108,130)(H,109,135)(H,110,128)(H,111,132)(H,112,138)(H,113,139)(H,114,129)(H,115,140)(H,116,141)(H,117,136)(H,118,137)(H,123,124)(H,125,126)(H,142,143)/t51-,59+,62+,63+,64+,65+,66+,67+,68+,69+,70+,71+,72+,73+,74+,80+,81+/m1/s1. The number of hydrogen-bond donors (Lipinski definition) is 27. The molecule has 29 N–H and O–H groups in total. The van der Waals surface area contributed by atoms with Crippen LogP contribution in [-0.4, -0.2) is 269 Å². The van der Waals surface area contributed by atoms with Gasteiger partial charge in [-0.05, 0) is 83.9 Å². The van der Waals surface area contributed by atoms with Crippen LogP contribution in [0.1, 0.15) is 128 Å². The van der Waals surface area contributed by atoms with Gasteiger partial charge in [0.2, 0.25) is 106 Å². The van der Waals surface area contributed by atoms with Crippen molar-refractivity contribution in [3.63, 3.8) is 0 Å². The molecular formula is C97H127N21O25S2. The van der Waals surface area contributed by atoms with Crippen LogP contribution in [0.25, 0.3) is 21.8 Å². The van der Waals surface area contributed by atoms with Crippen LogP contribution in [0.15, 0.2) is 152 Å². The molecule has 17 atom stereocenters. The van der Waals surface area contributed by atoms with Gasteiger partial charge in [0, 0.05) is 84.2 Å². The number of carboxylic acids is 3. The van der Waals surface area contributed by atoms with Crippen LogP contribution in [0.3, 0.4) is 0 Å². The maximum atomic E-state index is 15.3. The van der Waals surface area contributed by atoms with E-state index < -0.39 is 302 Å². The number of carboxylic acid groups (broad SMARTS) is 3. The smallest absolute Gasteiger partial charge is 0.326 e. The maximum Gasteiger partial charge on any atom is 0.326 e. The van der Waals surface area contributed by atoms with E-state index in [0.29, 0.717) is 49.6 Å². The van der Waals surface area contributed by atoms with Gasteiger partial charge >= 0.3 is 17.9 Å². The van der Waals surface area contributed by atoms with Crippen LogP contribution in [0.5, 0.6) is 0 Å². The molecule has 0 aliphatic carbocycles. The Bertz CT molecular complexity index is 5750. The molecule has 18 amide bonds. The molecule has 0 saturated heterocycles. The highest BCUT2D eigenvalue weighted by molar-refractivity contribution is 7.80. The van der Waals surface area contributed by atoms with Gasteiger partial charge in [0.15, 0.2) is 0 Å². The van der Waals surface area contributed by atoms with Crippen molar-refractivity contribution < 1.29 is 121 Å². The second-order valence-electron chi connectivity index (χ2n) is 36.1. The lowest BCUT2D eigenvalue weighted by molar-refractivity contribution is -0.143. The Balaban J connectivity index is 1.12. The summed E-state index contributed by atoms with van der Waals surface area (Å²) < 4.78 is 0. The van der Waals surface area contributed by atoms with Gasteiger partial charge < -0.3 is 133 Å². The van der Waals surface area contributed by atoms with E-state index in [0.717, 1.165) is 6.92 Å². The number of primary amides is 3. The number of nitrogens with two attached hydrogens (primary N) is 4. The quantitative estimate of drug-likeness (QED) is 0.0167. The number of H-pyrrole nitrogens is 2. The van der Waals surface area contributed by atoms with Crippen molar-refractivity contribution in [3.05, 3.63) is 180 Å². The second kappa shape index (κ2) is 57.1. The Hall–Kier alpha value is -15.3. The summed E-state index contributed by atoms with van der Waals surface area (Å²) in [5.74, 6) is -27.3. The summed E-state index contributed by atoms with van der Waals surface area (Å²) in [6, 6.07) is 9.65. The van der Waals surface area contributed by atoms with Crippen molar-refractivity contribution >= 4 is 171 Å². The number of hydrogen-bond acceptors (Lipinski definition) is 25. The van der Waals surface area contributed by atoms with E-state index in [2.05, 4.69) is 115 Å². The van der Waals surface area contributed by atoms with Gasteiger partial charge in [-0.3, -0.25) is 95.9 Å². The lowest BCUT2D eigenvalue weighted by Crippen LogP contribution is -2.63. The van der Waals surface area contributed by atoms with Gasteiger partial charge in [-0.15, -0.1) is 0 Å². The van der Waals surface area contributed by atoms with E-state index in [4.69, 9.17) is 22.9 Å². The van der Waals surface area contributed by atoms with E-state index in [9.17, 15) is 102 Å². The first-order chi connectivity index (χ1) is 68.6. The molecular weight excluding hydrogens is 1920 g/mol. The van der Waals surface area contributed by atoms with E-state index >= 15 is 19.2 Å². The molecule has 0 aliphatic heterocycles. The van der Waals surface area contributed by atoms with E-state index in [1.165, 1.54) is 20.0 Å². The second-order valence-corrected chi connectivity index (χ2v) is 36.8.